The van der Waals surface area contributed by atoms with Crippen molar-refractivity contribution in [3.05, 3.63) is 58.6 Å². The molecular formula is C24H32Cl2N4O7. The molecule has 4 rings (SSSR count). The van der Waals surface area contributed by atoms with E-state index in [0.717, 1.165) is 0 Å². The van der Waals surface area contributed by atoms with E-state index >= 15 is 0 Å². The highest BCUT2D eigenvalue weighted by Crippen LogP contribution is 2.22. The number of carbonyl (C=O) groups is 2. The maximum atomic E-state index is 11.4. The first-order valence-corrected chi connectivity index (χ1v) is 12.1. The normalized spacial score (nSPS) is 22.3. The van der Waals surface area contributed by atoms with Crippen molar-refractivity contribution >= 4 is 35.3 Å². The van der Waals surface area contributed by atoms with Crippen LogP contribution in [0.4, 0.5) is 9.59 Å². The number of aliphatic hydroxyl groups is 2. The van der Waals surface area contributed by atoms with Crippen LogP contribution >= 0.6 is 23.2 Å². The van der Waals surface area contributed by atoms with Gasteiger partial charge in [-0.15, -0.1) is 0 Å². The Balaban J connectivity index is 0.000000253. The fourth-order valence-corrected chi connectivity index (χ4v) is 4.02. The Morgan fingerprint density at radius 2 is 1.05 bits per heavy atom. The molecular weight excluding hydrogens is 527 g/mol. The molecule has 0 aromatic heterocycles. The molecule has 13 heteroatoms. The van der Waals surface area contributed by atoms with Crippen LogP contribution in [0.2, 0.25) is 10.0 Å². The number of hydrogen-bond donors (Lipinski definition) is 4. The number of nitrogens with one attached hydrogen (secondary N) is 2. The zero-order valence-electron chi connectivity index (χ0n) is 20.4. The van der Waals surface area contributed by atoms with Gasteiger partial charge in [-0.3, -0.25) is 0 Å². The average molecular weight is 559 g/mol. The quantitative estimate of drug-likeness (QED) is 0.444. The van der Waals surface area contributed by atoms with Gasteiger partial charge in [-0.2, -0.15) is 0 Å². The van der Waals surface area contributed by atoms with E-state index in [1.54, 1.807) is 62.6 Å². The molecule has 11 nitrogen and oxygen atoms in total. The monoisotopic (exact) mass is 558 g/mol. The molecule has 2 saturated heterocycles. The van der Waals surface area contributed by atoms with E-state index in [1.165, 1.54) is 9.80 Å². The Kier molecular flexibility index (Phi) is 11.5. The molecule has 2 aromatic rings. The molecule has 204 valence electrons. The SMILES string of the molecule is CNC(=O)N1C[C@H](Oc2ccc(Cl)cc2)[C@@H](O)C1.CNC(=O)N1C[C@H](Oc2ccc(Cl)cc2)[C@@H](O)C1.O. The Hall–Kier alpha value is -2.96. The van der Waals surface area contributed by atoms with Gasteiger partial charge < -0.3 is 45.6 Å². The molecule has 4 amide bonds. The second-order valence-electron chi connectivity index (χ2n) is 8.28. The number of rotatable bonds is 4. The number of halogens is 2. The molecule has 2 aromatic carbocycles. The average Bonchev–Trinajstić information content (AvgIpc) is 3.43. The Bertz CT molecular complexity index is 932. The largest absolute Gasteiger partial charge is 0.486 e. The van der Waals surface area contributed by atoms with Crippen molar-refractivity contribution in [1.82, 2.24) is 20.4 Å². The summed E-state index contributed by atoms with van der Waals surface area (Å²) < 4.78 is 11.3. The van der Waals surface area contributed by atoms with Crippen LogP contribution in [0.3, 0.4) is 0 Å². The van der Waals surface area contributed by atoms with Crippen LogP contribution in [0, 0.1) is 0 Å². The molecule has 6 N–H and O–H groups in total. The van der Waals surface area contributed by atoms with Gasteiger partial charge in [0.2, 0.25) is 0 Å². The molecule has 2 heterocycles. The molecule has 0 saturated carbocycles. The molecule has 0 aliphatic carbocycles. The van der Waals surface area contributed by atoms with Gasteiger partial charge in [-0.25, -0.2) is 9.59 Å². The number of urea groups is 2. The standard InChI is InChI=1S/2C12H15ClN2O3.H2O/c2*1-14-12(17)15-6-10(16)11(7-15)18-9-4-2-8(13)3-5-9;/h2*2-5,10-11,16H,6-7H2,1H3,(H,14,17);1H2/t2*10-,11-;/m00./s1. The van der Waals surface area contributed by atoms with Crippen molar-refractivity contribution in [3.8, 4) is 11.5 Å². The van der Waals surface area contributed by atoms with Crippen molar-refractivity contribution in [1.29, 1.82) is 0 Å². The van der Waals surface area contributed by atoms with Gasteiger partial charge in [0.25, 0.3) is 0 Å². The first kappa shape index (κ1) is 30.3. The number of nitrogens with zero attached hydrogens (tertiary/aromatic N) is 2. The minimum Gasteiger partial charge on any atom is -0.486 e. The summed E-state index contributed by atoms with van der Waals surface area (Å²) in [6, 6.07) is 13.4. The van der Waals surface area contributed by atoms with Crippen molar-refractivity contribution in [2.45, 2.75) is 24.4 Å². The molecule has 4 atom stereocenters. The highest BCUT2D eigenvalue weighted by Gasteiger charge is 2.36. The van der Waals surface area contributed by atoms with Crippen molar-refractivity contribution in [2.24, 2.45) is 0 Å². The molecule has 0 spiro atoms. The van der Waals surface area contributed by atoms with Gasteiger partial charge in [0.1, 0.15) is 35.9 Å². The van der Waals surface area contributed by atoms with Crippen molar-refractivity contribution in [3.63, 3.8) is 0 Å². The second-order valence-corrected chi connectivity index (χ2v) is 9.15. The zero-order valence-corrected chi connectivity index (χ0v) is 21.9. The summed E-state index contributed by atoms with van der Waals surface area (Å²) in [4.78, 5) is 25.9. The smallest absolute Gasteiger partial charge is 0.317 e. The van der Waals surface area contributed by atoms with Crippen LogP contribution in [0.25, 0.3) is 0 Å². The lowest BCUT2D eigenvalue weighted by molar-refractivity contribution is 0.0737. The zero-order chi connectivity index (χ0) is 26.2. The van der Waals surface area contributed by atoms with Gasteiger partial charge >= 0.3 is 12.1 Å². The van der Waals surface area contributed by atoms with Crippen LogP contribution < -0.4 is 20.1 Å². The number of ether oxygens (including phenoxy) is 2. The molecule has 2 aliphatic rings. The van der Waals surface area contributed by atoms with E-state index in [-0.39, 0.29) is 30.6 Å². The summed E-state index contributed by atoms with van der Waals surface area (Å²) in [7, 11) is 3.12. The van der Waals surface area contributed by atoms with Crippen LogP contribution in [0.15, 0.2) is 48.5 Å². The molecule has 37 heavy (non-hydrogen) atoms. The van der Waals surface area contributed by atoms with Gasteiger partial charge in [0, 0.05) is 24.1 Å². The number of benzene rings is 2. The van der Waals surface area contributed by atoms with E-state index in [0.29, 0.717) is 34.6 Å². The molecule has 0 radical (unpaired) electrons. The van der Waals surface area contributed by atoms with Crippen molar-refractivity contribution in [2.75, 3.05) is 40.3 Å². The lowest BCUT2D eigenvalue weighted by Gasteiger charge is -2.16. The molecule has 2 fully saturated rings. The fourth-order valence-electron chi connectivity index (χ4n) is 3.77. The highest BCUT2D eigenvalue weighted by atomic mass is 35.5. The fraction of sp³-hybridized carbons (Fsp3) is 0.417. The minimum atomic E-state index is -0.682. The predicted octanol–water partition coefficient (Wildman–Crippen LogP) is 1.38. The maximum absolute atomic E-state index is 11.4. The number of likely N-dealkylation sites (tertiary alicyclic amines) is 2. The van der Waals surface area contributed by atoms with E-state index in [9.17, 15) is 19.8 Å². The van der Waals surface area contributed by atoms with Gasteiger partial charge in [0.15, 0.2) is 0 Å². The third-order valence-electron chi connectivity index (χ3n) is 5.68. The van der Waals surface area contributed by atoms with Crippen molar-refractivity contribution < 1.29 is 34.8 Å². The van der Waals surface area contributed by atoms with Crippen LogP contribution in [-0.4, -0.2) is 102 Å². The first-order chi connectivity index (χ1) is 17.2. The van der Waals surface area contributed by atoms with Crippen LogP contribution in [-0.2, 0) is 0 Å². The van der Waals surface area contributed by atoms with Gasteiger partial charge in [-0.05, 0) is 48.5 Å². The van der Waals surface area contributed by atoms with E-state index in [1.807, 2.05) is 0 Å². The summed E-state index contributed by atoms with van der Waals surface area (Å²) in [5.74, 6) is 1.25. The lowest BCUT2D eigenvalue weighted by atomic mass is 10.2. The Morgan fingerprint density at radius 1 is 0.730 bits per heavy atom. The number of amides is 4. The van der Waals surface area contributed by atoms with Gasteiger partial charge in [-0.1, -0.05) is 23.2 Å². The van der Waals surface area contributed by atoms with E-state index in [2.05, 4.69) is 10.6 Å². The topological polar surface area (TPSA) is 155 Å². The third kappa shape index (κ3) is 8.54. The van der Waals surface area contributed by atoms with Crippen LogP contribution in [0.1, 0.15) is 0 Å². The maximum Gasteiger partial charge on any atom is 0.317 e. The minimum absolute atomic E-state index is 0. The third-order valence-corrected chi connectivity index (χ3v) is 6.18. The Labute approximate surface area is 225 Å². The van der Waals surface area contributed by atoms with Crippen LogP contribution in [0.5, 0.6) is 11.5 Å². The predicted molar refractivity (Wildman–Crippen MR) is 139 cm³/mol. The highest BCUT2D eigenvalue weighted by molar-refractivity contribution is 6.30. The summed E-state index contributed by atoms with van der Waals surface area (Å²) in [6.45, 7) is 1.28. The summed E-state index contributed by atoms with van der Waals surface area (Å²) in [5.41, 5.74) is 0. The number of β-amino-alcohol motifs (C(OH)–C–C–N with tert-alkyl or cyclic N) is 2. The van der Waals surface area contributed by atoms with E-state index in [4.69, 9.17) is 32.7 Å². The summed E-state index contributed by atoms with van der Waals surface area (Å²) in [6.07, 6.45) is -2.19. The molecule has 0 unspecified atom stereocenters. The lowest BCUT2D eigenvalue weighted by Crippen LogP contribution is -2.37. The summed E-state index contributed by atoms with van der Waals surface area (Å²) in [5, 5.41) is 26.0. The second kappa shape index (κ2) is 14.1. The van der Waals surface area contributed by atoms with E-state index < -0.39 is 24.4 Å². The molecule has 0 bridgehead atoms. The molecule has 2 aliphatic heterocycles. The summed E-state index contributed by atoms with van der Waals surface area (Å²) >= 11 is 11.5. The number of aliphatic hydroxyl groups excluding tert-OH is 2. The first-order valence-electron chi connectivity index (χ1n) is 11.3. The number of carbonyl (C=O) groups excluding carboxylic acids is 2. The van der Waals surface area contributed by atoms with Gasteiger partial charge in [0.05, 0.1) is 26.2 Å². The Morgan fingerprint density at radius 3 is 1.35 bits per heavy atom. The number of hydrogen-bond acceptors (Lipinski definition) is 6.